The van der Waals surface area contributed by atoms with Crippen LogP contribution in [0.2, 0.25) is 5.02 Å². The molecule has 0 atom stereocenters. The molecule has 0 aromatic heterocycles. The minimum atomic E-state index is 0.186. The molecule has 0 saturated carbocycles. The number of ketones is 1. The lowest BCUT2D eigenvalue weighted by molar-refractivity contribution is -0.118. The number of benzene rings is 2. The molecule has 0 unspecified atom stereocenters. The van der Waals surface area contributed by atoms with Crippen molar-refractivity contribution in [1.82, 2.24) is 0 Å². The Kier molecular flexibility index (Phi) is 5.21. The molecule has 0 aliphatic rings. The lowest BCUT2D eigenvalue weighted by Crippen LogP contribution is -2.05. The molecule has 2 N–H and O–H groups in total. The van der Waals surface area contributed by atoms with Gasteiger partial charge in [-0.3, -0.25) is 4.79 Å². The third-order valence-electron chi connectivity index (χ3n) is 3.07. The van der Waals surface area contributed by atoms with Gasteiger partial charge in [-0.15, -0.1) is 0 Å². The molecule has 0 fully saturated rings. The number of hydrogen-bond donors (Lipinski definition) is 1. The van der Waals surface area contributed by atoms with Crippen molar-refractivity contribution in [2.45, 2.75) is 19.3 Å². The van der Waals surface area contributed by atoms with Gasteiger partial charge in [-0.25, -0.2) is 0 Å². The monoisotopic (exact) mass is 351 g/mol. The molecule has 0 radical (unpaired) electrons. The van der Waals surface area contributed by atoms with Crippen molar-refractivity contribution in [3.05, 3.63) is 63.1 Å². The molecule has 2 rings (SSSR count). The molecule has 0 aliphatic heterocycles. The first-order chi connectivity index (χ1) is 9.54. The van der Waals surface area contributed by atoms with E-state index in [4.69, 9.17) is 17.3 Å². The van der Waals surface area contributed by atoms with E-state index in [-0.39, 0.29) is 5.78 Å². The summed E-state index contributed by atoms with van der Waals surface area (Å²) < 4.78 is 0.917. The standard InChI is InChI=1S/C16H15BrClNO/c17-13-5-4-12(16(18)10-13)9-15(20)8-3-11-1-6-14(19)7-2-11/h1-2,4-7,10H,3,8-9,19H2. The van der Waals surface area contributed by atoms with Gasteiger partial charge in [-0.1, -0.05) is 45.7 Å². The topological polar surface area (TPSA) is 43.1 Å². The van der Waals surface area contributed by atoms with Crippen LogP contribution in [0.5, 0.6) is 0 Å². The third kappa shape index (κ3) is 4.36. The maximum absolute atomic E-state index is 12.0. The van der Waals surface area contributed by atoms with Gasteiger partial charge < -0.3 is 5.73 Å². The van der Waals surface area contributed by atoms with Crippen LogP contribution in [0.3, 0.4) is 0 Å². The van der Waals surface area contributed by atoms with E-state index in [1.54, 1.807) is 0 Å². The van der Waals surface area contributed by atoms with Gasteiger partial charge in [0.2, 0.25) is 0 Å². The molecule has 4 heteroatoms. The molecule has 2 aromatic carbocycles. The lowest BCUT2D eigenvalue weighted by Gasteiger charge is -2.05. The quantitative estimate of drug-likeness (QED) is 0.809. The van der Waals surface area contributed by atoms with Crippen molar-refractivity contribution < 1.29 is 4.79 Å². The van der Waals surface area contributed by atoms with Crippen LogP contribution in [0.15, 0.2) is 46.9 Å². The Labute approximate surface area is 132 Å². The zero-order valence-electron chi connectivity index (χ0n) is 10.9. The largest absolute Gasteiger partial charge is 0.399 e. The van der Waals surface area contributed by atoms with Crippen molar-refractivity contribution in [1.29, 1.82) is 0 Å². The molecule has 20 heavy (non-hydrogen) atoms. The highest BCUT2D eigenvalue weighted by Crippen LogP contribution is 2.22. The Morgan fingerprint density at radius 1 is 1.15 bits per heavy atom. The molecule has 104 valence electrons. The number of carbonyl (C=O) groups is 1. The Morgan fingerprint density at radius 3 is 2.50 bits per heavy atom. The van der Waals surface area contributed by atoms with Gasteiger partial charge in [-0.2, -0.15) is 0 Å². The number of nitrogen functional groups attached to an aromatic ring is 1. The van der Waals surface area contributed by atoms with Gasteiger partial charge in [0.1, 0.15) is 5.78 Å². The molecular weight excluding hydrogens is 338 g/mol. The van der Waals surface area contributed by atoms with Crippen LogP contribution < -0.4 is 5.73 Å². The van der Waals surface area contributed by atoms with Gasteiger partial charge >= 0.3 is 0 Å². The summed E-state index contributed by atoms with van der Waals surface area (Å²) in [5.74, 6) is 0.186. The summed E-state index contributed by atoms with van der Waals surface area (Å²) in [5, 5.41) is 0.625. The average molecular weight is 353 g/mol. The van der Waals surface area contributed by atoms with Gasteiger partial charge in [0.25, 0.3) is 0 Å². The molecule has 0 aliphatic carbocycles. The summed E-state index contributed by atoms with van der Waals surface area (Å²) in [6.45, 7) is 0. The molecule has 0 amide bonds. The van der Waals surface area contributed by atoms with E-state index >= 15 is 0 Å². The van der Waals surface area contributed by atoms with E-state index in [0.717, 1.165) is 27.7 Å². The smallest absolute Gasteiger partial charge is 0.137 e. The molecule has 2 aromatic rings. The van der Waals surface area contributed by atoms with E-state index in [2.05, 4.69) is 15.9 Å². The van der Waals surface area contributed by atoms with E-state index in [0.29, 0.717) is 17.9 Å². The van der Waals surface area contributed by atoms with Crippen molar-refractivity contribution in [3.8, 4) is 0 Å². The highest BCUT2D eigenvalue weighted by Gasteiger charge is 2.08. The molecule has 2 nitrogen and oxygen atoms in total. The number of hydrogen-bond acceptors (Lipinski definition) is 2. The van der Waals surface area contributed by atoms with Crippen LogP contribution in [-0.4, -0.2) is 5.78 Å². The van der Waals surface area contributed by atoms with Gasteiger partial charge in [0.15, 0.2) is 0 Å². The number of Topliss-reactive ketones (excluding diaryl/α,β-unsaturated/α-hetero) is 1. The maximum atomic E-state index is 12.0. The molecule has 0 saturated heterocycles. The van der Waals surface area contributed by atoms with E-state index < -0.39 is 0 Å². The van der Waals surface area contributed by atoms with E-state index in [9.17, 15) is 4.79 Å². The fourth-order valence-electron chi connectivity index (χ4n) is 1.93. The Bertz CT molecular complexity index is 610. The Hall–Kier alpha value is -1.32. The normalized spacial score (nSPS) is 10.5. The SMILES string of the molecule is Nc1ccc(CCC(=O)Cc2ccc(Br)cc2Cl)cc1. The lowest BCUT2D eigenvalue weighted by atomic mass is 10.0. The zero-order valence-corrected chi connectivity index (χ0v) is 13.2. The highest BCUT2D eigenvalue weighted by atomic mass is 79.9. The first-order valence-corrected chi connectivity index (χ1v) is 7.52. The molecule has 0 bridgehead atoms. The number of anilines is 1. The Morgan fingerprint density at radius 2 is 1.85 bits per heavy atom. The highest BCUT2D eigenvalue weighted by molar-refractivity contribution is 9.10. The maximum Gasteiger partial charge on any atom is 0.137 e. The van der Waals surface area contributed by atoms with E-state index in [1.165, 1.54) is 0 Å². The first kappa shape index (κ1) is 15.1. The first-order valence-electron chi connectivity index (χ1n) is 6.34. The summed E-state index contributed by atoms with van der Waals surface area (Å²) in [7, 11) is 0. The van der Waals surface area contributed by atoms with E-state index in [1.807, 2.05) is 42.5 Å². The fraction of sp³-hybridized carbons (Fsp3) is 0.188. The fourth-order valence-corrected chi connectivity index (χ4v) is 2.67. The minimum absolute atomic E-state index is 0.186. The van der Waals surface area contributed by atoms with Crippen LogP contribution >= 0.6 is 27.5 Å². The molecule has 0 heterocycles. The summed E-state index contributed by atoms with van der Waals surface area (Å²) >= 11 is 9.46. The van der Waals surface area contributed by atoms with Crippen LogP contribution in [0.1, 0.15) is 17.5 Å². The predicted octanol–water partition coefficient (Wildman–Crippen LogP) is 4.43. The zero-order chi connectivity index (χ0) is 14.5. The van der Waals surface area contributed by atoms with Crippen LogP contribution in [0, 0.1) is 0 Å². The average Bonchev–Trinajstić information content (AvgIpc) is 2.41. The second kappa shape index (κ2) is 6.91. The predicted molar refractivity (Wildman–Crippen MR) is 87.0 cm³/mol. The van der Waals surface area contributed by atoms with Crippen molar-refractivity contribution in [2.24, 2.45) is 0 Å². The van der Waals surface area contributed by atoms with Gasteiger partial charge in [0.05, 0.1) is 0 Å². The number of nitrogens with two attached hydrogens (primary N) is 1. The van der Waals surface area contributed by atoms with Crippen LogP contribution in [0.4, 0.5) is 5.69 Å². The van der Waals surface area contributed by atoms with Crippen molar-refractivity contribution >= 4 is 39.0 Å². The van der Waals surface area contributed by atoms with Gasteiger partial charge in [-0.05, 0) is 41.8 Å². The van der Waals surface area contributed by atoms with Crippen molar-refractivity contribution in [2.75, 3.05) is 5.73 Å². The third-order valence-corrected chi connectivity index (χ3v) is 3.92. The van der Waals surface area contributed by atoms with Gasteiger partial charge in [0, 0.05) is 28.0 Å². The van der Waals surface area contributed by atoms with Crippen molar-refractivity contribution in [3.63, 3.8) is 0 Å². The Balaban J connectivity index is 1.90. The number of aryl methyl sites for hydroxylation is 1. The summed E-state index contributed by atoms with van der Waals surface area (Å²) in [6, 6.07) is 13.2. The second-order valence-electron chi connectivity index (χ2n) is 4.69. The second-order valence-corrected chi connectivity index (χ2v) is 6.02. The number of halogens is 2. The number of carbonyl (C=O) groups excluding carboxylic acids is 1. The van der Waals surface area contributed by atoms with Crippen LogP contribution in [-0.2, 0) is 17.6 Å². The molecule has 0 spiro atoms. The summed E-state index contributed by atoms with van der Waals surface area (Å²) in [4.78, 5) is 12.0. The number of rotatable bonds is 5. The van der Waals surface area contributed by atoms with Crippen LogP contribution in [0.25, 0.3) is 0 Å². The molecular formula is C16H15BrClNO. The summed E-state index contributed by atoms with van der Waals surface area (Å²) in [5.41, 5.74) is 8.36. The summed E-state index contributed by atoms with van der Waals surface area (Å²) in [6.07, 6.45) is 1.62. The minimum Gasteiger partial charge on any atom is -0.399 e.